The van der Waals surface area contributed by atoms with Crippen LogP contribution in [-0.4, -0.2) is 19.3 Å². The van der Waals surface area contributed by atoms with Gasteiger partial charge in [-0.05, 0) is 44.7 Å². The van der Waals surface area contributed by atoms with Crippen molar-refractivity contribution in [1.82, 2.24) is 0 Å². The average Bonchev–Trinajstić information content (AvgIpc) is 2.81. The van der Waals surface area contributed by atoms with Crippen molar-refractivity contribution in [1.29, 1.82) is 0 Å². The summed E-state index contributed by atoms with van der Waals surface area (Å²) in [4.78, 5) is 0. The molecule has 3 nitrogen and oxygen atoms in total. The Bertz CT molecular complexity index is 498. The fourth-order valence-corrected chi connectivity index (χ4v) is 3.24. The largest absolute Gasteiger partial charge is 0.490 e. The lowest BCUT2D eigenvalue weighted by molar-refractivity contribution is 0.218. The third-order valence-corrected chi connectivity index (χ3v) is 4.26. The van der Waals surface area contributed by atoms with Crippen molar-refractivity contribution in [3.8, 4) is 11.5 Å². The highest BCUT2D eigenvalue weighted by molar-refractivity contribution is 5.55. The normalized spacial score (nSPS) is 26.8. The van der Waals surface area contributed by atoms with Gasteiger partial charge in [0.1, 0.15) is 0 Å². The van der Waals surface area contributed by atoms with Gasteiger partial charge >= 0.3 is 0 Å². The number of fused-ring (bicyclic) bond motifs is 1. The number of hydrogen-bond acceptors (Lipinski definition) is 3. The van der Waals surface area contributed by atoms with Gasteiger partial charge in [0.05, 0.1) is 13.2 Å². The van der Waals surface area contributed by atoms with Crippen LogP contribution in [-0.2, 0) is 0 Å². The van der Waals surface area contributed by atoms with E-state index in [0.29, 0.717) is 19.3 Å². The highest BCUT2D eigenvalue weighted by atomic mass is 16.5. The summed E-state index contributed by atoms with van der Waals surface area (Å²) >= 11 is 0. The number of hydrogen-bond donors (Lipinski definition) is 1. The molecule has 0 aromatic heterocycles. The Balaban J connectivity index is 1.70. The van der Waals surface area contributed by atoms with Crippen LogP contribution < -0.4 is 14.8 Å². The van der Waals surface area contributed by atoms with E-state index in [1.165, 1.54) is 12.8 Å². The minimum atomic E-state index is 0.575. The SMILES string of the molecule is CCOc1ccc(NC2CC3CC=CC32)cc1OCC. The van der Waals surface area contributed by atoms with Gasteiger partial charge in [0.15, 0.2) is 11.5 Å². The first-order valence-corrected chi connectivity index (χ1v) is 7.64. The van der Waals surface area contributed by atoms with Crippen LogP contribution in [0, 0.1) is 11.8 Å². The fourth-order valence-electron chi connectivity index (χ4n) is 3.24. The van der Waals surface area contributed by atoms with Gasteiger partial charge < -0.3 is 14.8 Å². The van der Waals surface area contributed by atoms with Crippen molar-refractivity contribution in [3.05, 3.63) is 30.4 Å². The number of anilines is 1. The molecule has 3 rings (SSSR count). The van der Waals surface area contributed by atoms with E-state index in [1.54, 1.807) is 0 Å². The Morgan fingerprint density at radius 2 is 1.95 bits per heavy atom. The fraction of sp³-hybridized carbons (Fsp3) is 0.529. The standard InChI is InChI=1S/C17H23NO2/c1-3-19-16-9-8-13(11-17(16)20-4-2)18-15-10-12-6-5-7-14(12)15/h5,7-9,11-12,14-15,18H,3-4,6,10H2,1-2H3. The smallest absolute Gasteiger partial charge is 0.163 e. The first kappa shape index (κ1) is 13.3. The molecule has 1 aromatic carbocycles. The number of benzene rings is 1. The molecular formula is C17H23NO2. The highest BCUT2D eigenvalue weighted by Gasteiger charge is 2.40. The number of rotatable bonds is 6. The lowest BCUT2D eigenvalue weighted by Crippen LogP contribution is -2.43. The molecule has 0 spiro atoms. The zero-order chi connectivity index (χ0) is 13.9. The molecule has 2 aliphatic rings. The molecule has 0 saturated heterocycles. The Morgan fingerprint density at radius 1 is 1.15 bits per heavy atom. The van der Waals surface area contributed by atoms with Crippen molar-refractivity contribution in [3.63, 3.8) is 0 Å². The molecule has 0 aliphatic heterocycles. The molecular weight excluding hydrogens is 250 g/mol. The van der Waals surface area contributed by atoms with Gasteiger partial charge in [-0.25, -0.2) is 0 Å². The summed E-state index contributed by atoms with van der Waals surface area (Å²) in [5.41, 5.74) is 1.13. The van der Waals surface area contributed by atoms with Crippen molar-refractivity contribution < 1.29 is 9.47 Å². The van der Waals surface area contributed by atoms with E-state index in [-0.39, 0.29) is 0 Å². The monoisotopic (exact) mass is 273 g/mol. The van der Waals surface area contributed by atoms with Crippen LogP contribution in [0.5, 0.6) is 11.5 Å². The second kappa shape index (κ2) is 5.78. The molecule has 0 amide bonds. The maximum absolute atomic E-state index is 5.67. The quantitative estimate of drug-likeness (QED) is 0.798. The minimum absolute atomic E-state index is 0.575. The molecule has 1 fully saturated rings. The predicted octanol–water partition coefficient (Wildman–Crippen LogP) is 3.86. The first-order valence-electron chi connectivity index (χ1n) is 7.64. The topological polar surface area (TPSA) is 30.5 Å². The zero-order valence-electron chi connectivity index (χ0n) is 12.3. The molecule has 0 radical (unpaired) electrons. The Morgan fingerprint density at radius 3 is 2.70 bits per heavy atom. The van der Waals surface area contributed by atoms with Crippen LogP contribution in [0.4, 0.5) is 5.69 Å². The molecule has 1 N–H and O–H groups in total. The van der Waals surface area contributed by atoms with E-state index >= 15 is 0 Å². The third-order valence-electron chi connectivity index (χ3n) is 4.26. The van der Waals surface area contributed by atoms with Crippen LogP contribution in [0.2, 0.25) is 0 Å². The Kier molecular flexibility index (Phi) is 3.86. The maximum Gasteiger partial charge on any atom is 0.163 e. The summed E-state index contributed by atoms with van der Waals surface area (Å²) in [6.07, 6.45) is 7.22. The molecule has 0 bridgehead atoms. The molecule has 108 valence electrons. The number of nitrogens with one attached hydrogen (secondary N) is 1. The maximum atomic E-state index is 5.67. The van der Waals surface area contributed by atoms with E-state index in [1.807, 2.05) is 19.9 Å². The van der Waals surface area contributed by atoms with Crippen molar-refractivity contribution in [2.24, 2.45) is 11.8 Å². The van der Waals surface area contributed by atoms with Gasteiger partial charge in [0.2, 0.25) is 0 Å². The molecule has 2 aliphatic carbocycles. The Labute approximate surface area is 121 Å². The zero-order valence-corrected chi connectivity index (χ0v) is 12.3. The van der Waals surface area contributed by atoms with Crippen LogP contribution in [0.15, 0.2) is 30.4 Å². The molecule has 1 saturated carbocycles. The lowest BCUT2D eigenvalue weighted by atomic mass is 9.71. The summed E-state index contributed by atoms with van der Waals surface area (Å²) < 4.78 is 11.3. The van der Waals surface area contributed by atoms with Crippen molar-refractivity contribution in [2.75, 3.05) is 18.5 Å². The molecule has 20 heavy (non-hydrogen) atoms. The molecule has 0 heterocycles. The van der Waals surface area contributed by atoms with Crippen molar-refractivity contribution in [2.45, 2.75) is 32.7 Å². The second-order valence-corrected chi connectivity index (χ2v) is 5.52. The summed E-state index contributed by atoms with van der Waals surface area (Å²) in [7, 11) is 0. The van der Waals surface area contributed by atoms with Crippen molar-refractivity contribution >= 4 is 5.69 Å². The molecule has 3 heteroatoms. The second-order valence-electron chi connectivity index (χ2n) is 5.52. The van der Waals surface area contributed by atoms with Gasteiger partial charge in [-0.15, -0.1) is 0 Å². The van der Waals surface area contributed by atoms with Crippen LogP contribution in [0.3, 0.4) is 0 Å². The van der Waals surface area contributed by atoms with E-state index in [9.17, 15) is 0 Å². The number of allylic oxidation sites excluding steroid dienone is 1. The lowest BCUT2D eigenvalue weighted by Gasteiger charge is -2.41. The van der Waals surface area contributed by atoms with Crippen LogP contribution in [0.1, 0.15) is 26.7 Å². The molecule has 3 atom stereocenters. The highest BCUT2D eigenvalue weighted by Crippen LogP contribution is 2.44. The average molecular weight is 273 g/mol. The summed E-state index contributed by atoms with van der Waals surface area (Å²) in [5.74, 6) is 3.25. The van der Waals surface area contributed by atoms with Gasteiger partial charge in [-0.2, -0.15) is 0 Å². The van der Waals surface area contributed by atoms with E-state index < -0.39 is 0 Å². The van der Waals surface area contributed by atoms with Gasteiger partial charge in [0.25, 0.3) is 0 Å². The van der Waals surface area contributed by atoms with E-state index in [0.717, 1.165) is 29.0 Å². The summed E-state index contributed by atoms with van der Waals surface area (Å²) in [6.45, 7) is 5.29. The molecule has 1 aromatic rings. The first-order chi connectivity index (χ1) is 9.81. The summed E-state index contributed by atoms with van der Waals surface area (Å²) in [5, 5.41) is 3.63. The van der Waals surface area contributed by atoms with E-state index in [2.05, 4.69) is 29.6 Å². The third kappa shape index (κ3) is 2.49. The molecule has 3 unspecified atom stereocenters. The van der Waals surface area contributed by atoms with Gasteiger partial charge in [-0.3, -0.25) is 0 Å². The van der Waals surface area contributed by atoms with Gasteiger partial charge in [-0.1, -0.05) is 12.2 Å². The number of ether oxygens (including phenoxy) is 2. The summed E-state index contributed by atoms with van der Waals surface area (Å²) in [6, 6.07) is 6.71. The Hall–Kier alpha value is -1.64. The van der Waals surface area contributed by atoms with E-state index in [4.69, 9.17) is 9.47 Å². The van der Waals surface area contributed by atoms with Crippen LogP contribution >= 0.6 is 0 Å². The van der Waals surface area contributed by atoms with Gasteiger partial charge in [0, 0.05) is 23.7 Å². The van der Waals surface area contributed by atoms with Crippen LogP contribution in [0.25, 0.3) is 0 Å². The minimum Gasteiger partial charge on any atom is -0.490 e. The predicted molar refractivity (Wildman–Crippen MR) is 81.5 cm³/mol.